The molecule has 0 N–H and O–H groups in total. The number of carbonyl (C=O) groups is 1. The van der Waals surface area contributed by atoms with Crippen LogP contribution in [-0.4, -0.2) is 43.4 Å². The van der Waals surface area contributed by atoms with Crippen molar-refractivity contribution < 1.29 is 23.5 Å². The van der Waals surface area contributed by atoms with Gasteiger partial charge in [-0.2, -0.15) is 0 Å². The number of hydrogen-bond donors (Lipinski definition) is 0. The minimum atomic E-state index is -0.298. The molecular formula is C25H31FN2O4. The Bertz CT molecular complexity index is 967. The number of ether oxygens (including phenoxy) is 2. The number of benzene rings is 2. The summed E-state index contributed by atoms with van der Waals surface area (Å²) in [6.45, 7) is 6.88. The quantitative estimate of drug-likeness (QED) is 0.589. The summed E-state index contributed by atoms with van der Waals surface area (Å²) in [4.78, 5) is 20.5. The Kier molecular flexibility index (Phi) is 7.38. The van der Waals surface area contributed by atoms with E-state index in [0.29, 0.717) is 37.4 Å². The molecule has 0 saturated carbocycles. The number of halogens is 1. The predicted molar refractivity (Wildman–Crippen MR) is 121 cm³/mol. The first-order valence-electron chi connectivity index (χ1n) is 10.7. The van der Waals surface area contributed by atoms with Crippen molar-refractivity contribution in [1.82, 2.24) is 4.90 Å². The average molecular weight is 443 g/mol. The summed E-state index contributed by atoms with van der Waals surface area (Å²) >= 11 is 0. The number of methoxy groups -OCH3 is 2. The number of oxime groups is 1. The van der Waals surface area contributed by atoms with Gasteiger partial charge in [0.05, 0.1) is 26.5 Å². The summed E-state index contributed by atoms with van der Waals surface area (Å²) in [5.41, 5.74) is 2.40. The third-order valence-corrected chi connectivity index (χ3v) is 5.19. The topological polar surface area (TPSA) is 60.4 Å². The van der Waals surface area contributed by atoms with Crippen molar-refractivity contribution >= 4 is 11.6 Å². The van der Waals surface area contributed by atoms with E-state index in [0.717, 1.165) is 16.8 Å². The molecular weight excluding hydrogens is 411 g/mol. The van der Waals surface area contributed by atoms with E-state index < -0.39 is 0 Å². The van der Waals surface area contributed by atoms with Gasteiger partial charge in [-0.3, -0.25) is 4.79 Å². The predicted octanol–water partition coefficient (Wildman–Crippen LogP) is 4.80. The largest absolute Gasteiger partial charge is 0.493 e. The van der Waals surface area contributed by atoms with Crippen molar-refractivity contribution in [3.8, 4) is 11.5 Å². The van der Waals surface area contributed by atoms with Crippen LogP contribution in [0.15, 0.2) is 47.6 Å². The summed E-state index contributed by atoms with van der Waals surface area (Å²) in [6.07, 6.45) is 0.713. The van der Waals surface area contributed by atoms with Gasteiger partial charge in [0.1, 0.15) is 5.82 Å². The second-order valence-corrected chi connectivity index (χ2v) is 9.18. The number of carbonyl (C=O) groups excluding carboxylic acids is 1. The third-order valence-electron chi connectivity index (χ3n) is 5.19. The van der Waals surface area contributed by atoms with Crippen LogP contribution >= 0.6 is 0 Å². The molecule has 1 aliphatic rings. The van der Waals surface area contributed by atoms with Crippen LogP contribution in [0.2, 0.25) is 0 Å². The Hall–Kier alpha value is -3.09. The molecule has 0 saturated heterocycles. The van der Waals surface area contributed by atoms with Crippen LogP contribution in [0.1, 0.15) is 44.7 Å². The molecule has 1 aliphatic heterocycles. The van der Waals surface area contributed by atoms with E-state index in [2.05, 4.69) is 5.16 Å². The molecule has 0 radical (unpaired) electrons. The van der Waals surface area contributed by atoms with E-state index in [9.17, 15) is 9.18 Å². The third kappa shape index (κ3) is 6.22. The highest BCUT2D eigenvalue weighted by atomic mass is 19.1. The molecule has 3 rings (SSSR count). The van der Waals surface area contributed by atoms with Crippen molar-refractivity contribution in [2.75, 3.05) is 20.8 Å². The van der Waals surface area contributed by atoms with Gasteiger partial charge in [0.2, 0.25) is 5.91 Å². The lowest BCUT2D eigenvalue weighted by Gasteiger charge is -2.28. The van der Waals surface area contributed by atoms with Crippen molar-refractivity contribution in [1.29, 1.82) is 0 Å². The first kappa shape index (κ1) is 23.6. The monoisotopic (exact) mass is 442 g/mol. The zero-order chi connectivity index (χ0) is 23.3. The van der Waals surface area contributed by atoms with Gasteiger partial charge in [-0.1, -0.05) is 38.1 Å². The van der Waals surface area contributed by atoms with Crippen molar-refractivity contribution in [2.45, 2.75) is 46.3 Å². The summed E-state index contributed by atoms with van der Waals surface area (Å²) in [5.74, 6) is 0.999. The first-order valence-corrected chi connectivity index (χ1v) is 10.7. The second-order valence-electron chi connectivity index (χ2n) is 9.18. The molecule has 2 aromatic rings. The fraction of sp³-hybridized carbons (Fsp3) is 0.440. The smallest absolute Gasteiger partial charge is 0.223 e. The minimum absolute atomic E-state index is 0.0324. The zero-order valence-corrected chi connectivity index (χ0v) is 19.4. The van der Waals surface area contributed by atoms with Crippen LogP contribution in [-0.2, 0) is 16.2 Å². The fourth-order valence-corrected chi connectivity index (χ4v) is 3.59. The summed E-state index contributed by atoms with van der Waals surface area (Å²) < 4.78 is 24.0. The van der Waals surface area contributed by atoms with E-state index in [1.165, 1.54) is 12.1 Å². The summed E-state index contributed by atoms with van der Waals surface area (Å²) in [7, 11) is 3.18. The highest BCUT2D eigenvalue weighted by Crippen LogP contribution is 2.30. The Morgan fingerprint density at radius 1 is 1.12 bits per heavy atom. The molecule has 2 aromatic carbocycles. The van der Waals surface area contributed by atoms with Gasteiger partial charge < -0.3 is 19.2 Å². The molecule has 0 aliphatic carbocycles. The molecule has 1 unspecified atom stereocenters. The molecule has 172 valence electrons. The highest BCUT2D eigenvalue weighted by molar-refractivity contribution is 6.01. The van der Waals surface area contributed by atoms with E-state index in [-0.39, 0.29) is 23.2 Å². The van der Waals surface area contributed by atoms with E-state index >= 15 is 0 Å². The number of nitrogens with zero attached hydrogens (tertiary/aromatic N) is 2. The fourth-order valence-electron chi connectivity index (χ4n) is 3.59. The summed E-state index contributed by atoms with van der Waals surface area (Å²) in [6, 6.07) is 11.8. The minimum Gasteiger partial charge on any atom is -0.493 e. The Labute approximate surface area is 189 Å². The van der Waals surface area contributed by atoms with E-state index in [4.69, 9.17) is 14.3 Å². The SMILES string of the molecule is COc1ccc(C2=NOC(CN(Cc3ccc(F)cc3)C(=O)CC(C)(C)C)C2)cc1OC. The molecule has 0 aromatic heterocycles. The lowest BCUT2D eigenvalue weighted by Crippen LogP contribution is -2.38. The molecule has 32 heavy (non-hydrogen) atoms. The van der Waals surface area contributed by atoms with Crippen LogP contribution in [0.4, 0.5) is 4.39 Å². The van der Waals surface area contributed by atoms with Gasteiger partial charge in [-0.05, 0) is 41.3 Å². The average Bonchev–Trinajstić information content (AvgIpc) is 3.21. The Balaban J connectivity index is 1.71. The highest BCUT2D eigenvalue weighted by Gasteiger charge is 2.29. The summed E-state index contributed by atoms with van der Waals surface area (Å²) in [5, 5.41) is 4.26. The molecule has 0 bridgehead atoms. The molecule has 7 heteroatoms. The normalized spacial score (nSPS) is 15.7. The number of amides is 1. The van der Waals surface area contributed by atoms with Gasteiger partial charge in [0.15, 0.2) is 17.6 Å². The first-order chi connectivity index (χ1) is 15.2. The van der Waals surface area contributed by atoms with Gasteiger partial charge in [0, 0.05) is 24.9 Å². The van der Waals surface area contributed by atoms with Gasteiger partial charge in [-0.25, -0.2) is 4.39 Å². The maximum Gasteiger partial charge on any atom is 0.223 e. The van der Waals surface area contributed by atoms with Gasteiger partial charge >= 0.3 is 0 Å². The Morgan fingerprint density at radius 2 is 1.81 bits per heavy atom. The molecule has 0 fully saturated rings. The number of rotatable bonds is 8. The lowest BCUT2D eigenvalue weighted by molar-refractivity contribution is -0.135. The van der Waals surface area contributed by atoms with Gasteiger partial charge in [-0.15, -0.1) is 0 Å². The zero-order valence-electron chi connectivity index (χ0n) is 19.4. The maximum absolute atomic E-state index is 13.3. The van der Waals surface area contributed by atoms with Crippen molar-refractivity contribution in [2.24, 2.45) is 10.6 Å². The number of hydrogen-bond acceptors (Lipinski definition) is 5. The molecule has 6 nitrogen and oxygen atoms in total. The van der Waals surface area contributed by atoms with Crippen LogP contribution in [0.5, 0.6) is 11.5 Å². The van der Waals surface area contributed by atoms with Crippen molar-refractivity contribution in [3.05, 3.63) is 59.4 Å². The lowest BCUT2D eigenvalue weighted by atomic mass is 9.91. The van der Waals surface area contributed by atoms with Crippen LogP contribution < -0.4 is 9.47 Å². The van der Waals surface area contributed by atoms with E-state index in [1.54, 1.807) is 31.3 Å². The molecule has 1 amide bonds. The second kappa shape index (κ2) is 10.0. The van der Waals surface area contributed by atoms with Crippen LogP contribution in [0.25, 0.3) is 0 Å². The van der Waals surface area contributed by atoms with Crippen molar-refractivity contribution in [3.63, 3.8) is 0 Å². The molecule has 1 atom stereocenters. The van der Waals surface area contributed by atoms with Crippen LogP contribution in [0.3, 0.4) is 0 Å². The standard InChI is InChI=1S/C25H31FN2O4/c1-25(2,3)14-24(29)28(15-17-6-9-19(26)10-7-17)16-20-13-21(27-32-20)18-8-11-22(30-4)23(12-18)31-5/h6-12,20H,13-16H2,1-5H3. The van der Waals surface area contributed by atoms with Gasteiger partial charge in [0.25, 0.3) is 0 Å². The molecule has 1 heterocycles. The maximum atomic E-state index is 13.3. The van der Waals surface area contributed by atoms with E-state index in [1.807, 2.05) is 39.0 Å². The Morgan fingerprint density at radius 3 is 2.44 bits per heavy atom. The van der Waals surface area contributed by atoms with Crippen LogP contribution in [0, 0.1) is 11.2 Å². The molecule has 0 spiro atoms.